The van der Waals surface area contributed by atoms with Crippen LogP contribution in [0.25, 0.3) is 4.96 Å². The molecule has 0 bridgehead atoms. The number of sulfonamides is 1. The predicted octanol–water partition coefficient (Wildman–Crippen LogP) is 2.23. The summed E-state index contributed by atoms with van der Waals surface area (Å²) in [6.45, 7) is 4.22. The minimum atomic E-state index is -3.68. The van der Waals surface area contributed by atoms with E-state index in [0.29, 0.717) is 4.96 Å². The molecule has 116 valence electrons. The normalized spacial score (nSPS) is 22.7. The number of hydrogen-bond acceptors (Lipinski definition) is 5. The number of fused-ring (bicyclic) bond motifs is 1. The number of nitrogen functional groups attached to an aromatic ring is 1. The molecule has 1 fully saturated rings. The molecule has 1 aliphatic carbocycles. The van der Waals surface area contributed by atoms with Crippen molar-refractivity contribution in [1.29, 1.82) is 0 Å². The fourth-order valence-electron chi connectivity index (χ4n) is 3.00. The van der Waals surface area contributed by atoms with Crippen molar-refractivity contribution in [3.05, 3.63) is 11.6 Å². The maximum Gasteiger partial charge on any atom is 0.260 e. The molecule has 21 heavy (non-hydrogen) atoms. The van der Waals surface area contributed by atoms with Crippen molar-refractivity contribution < 1.29 is 8.42 Å². The van der Waals surface area contributed by atoms with E-state index in [0.717, 1.165) is 25.7 Å². The number of anilines is 1. The van der Waals surface area contributed by atoms with Gasteiger partial charge in [0.05, 0.1) is 0 Å². The van der Waals surface area contributed by atoms with Crippen LogP contribution in [0.3, 0.4) is 0 Å². The van der Waals surface area contributed by atoms with Gasteiger partial charge in [-0.25, -0.2) is 18.1 Å². The van der Waals surface area contributed by atoms with Gasteiger partial charge in [0.2, 0.25) is 0 Å². The Morgan fingerprint density at radius 2 is 2.24 bits per heavy atom. The van der Waals surface area contributed by atoms with E-state index in [2.05, 4.69) is 23.6 Å². The molecule has 0 amide bonds. The number of nitrogens with one attached hydrogen (secondary N) is 1. The van der Waals surface area contributed by atoms with E-state index < -0.39 is 10.0 Å². The monoisotopic (exact) mass is 328 g/mol. The number of thiazole rings is 1. The molecule has 8 heteroatoms. The van der Waals surface area contributed by atoms with Gasteiger partial charge in [-0.1, -0.05) is 26.7 Å². The van der Waals surface area contributed by atoms with Crippen LogP contribution in [0.2, 0.25) is 0 Å². The number of aromatic nitrogens is 2. The minimum Gasteiger partial charge on any atom is -0.381 e. The first-order valence-electron chi connectivity index (χ1n) is 7.05. The predicted molar refractivity (Wildman–Crippen MR) is 83.8 cm³/mol. The number of imidazole rings is 1. The lowest BCUT2D eigenvalue weighted by Crippen LogP contribution is -2.47. The van der Waals surface area contributed by atoms with Gasteiger partial charge >= 0.3 is 0 Å². The minimum absolute atomic E-state index is 0.0431. The van der Waals surface area contributed by atoms with Crippen LogP contribution < -0.4 is 10.5 Å². The highest BCUT2D eigenvalue weighted by Crippen LogP contribution is 2.36. The zero-order valence-electron chi connectivity index (χ0n) is 12.2. The van der Waals surface area contributed by atoms with Crippen molar-refractivity contribution in [2.75, 3.05) is 5.73 Å². The summed E-state index contributed by atoms with van der Waals surface area (Å²) in [6, 6.07) is -0.0696. The Bertz CT molecular complexity index is 760. The zero-order valence-corrected chi connectivity index (χ0v) is 13.8. The molecule has 3 rings (SSSR count). The summed E-state index contributed by atoms with van der Waals surface area (Å²) in [6.07, 6.45) is 5.76. The van der Waals surface area contributed by atoms with E-state index in [-0.39, 0.29) is 22.3 Å². The molecule has 2 heterocycles. The van der Waals surface area contributed by atoms with Crippen molar-refractivity contribution in [3.63, 3.8) is 0 Å². The second-order valence-electron chi connectivity index (χ2n) is 6.27. The van der Waals surface area contributed by atoms with Crippen molar-refractivity contribution in [1.82, 2.24) is 14.1 Å². The van der Waals surface area contributed by atoms with E-state index in [1.807, 2.05) is 0 Å². The number of hydrogen-bond donors (Lipinski definition) is 2. The van der Waals surface area contributed by atoms with Gasteiger partial charge in [0.25, 0.3) is 10.0 Å². The van der Waals surface area contributed by atoms with Gasteiger partial charge in [0, 0.05) is 17.6 Å². The molecule has 0 radical (unpaired) electrons. The highest BCUT2D eigenvalue weighted by atomic mass is 32.2. The Balaban J connectivity index is 1.97. The van der Waals surface area contributed by atoms with Crippen LogP contribution in [0, 0.1) is 5.41 Å². The van der Waals surface area contributed by atoms with Crippen LogP contribution in [0.5, 0.6) is 0 Å². The molecule has 0 aromatic carbocycles. The van der Waals surface area contributed by atoms with Crippen LogP contribution in [0.4, 0.5) is 5.82 Å². The van der Waals surface area contributed by atoms with Gasteiger partial charge in [-0.2, -0.15) is 0 Å². The molecule has 0 saturated heterocycles. The molecule has 1 unspecified atom stereocenters. The van der Waals surface area contributed by atoms with E-state index in [9.17, 15) is 8.42 Å². The molecule has 1 saturated carbocycles. The fraction of sp³-hybridized carbons (Fsp3) is 0.615. The van der Waals surface area contributed by atoms with Gasteiger partial charge in [-0.05, 0) is 18.3 Å². The van der Waals surface area contributed by atoms with Crippen LogP contribution in [-0.4, -0.2) is 23.8 Å². The Kier molecular flexibility index (Phi) is 3.50. The topological polar surface area (TPSA) is 89.5 Å². The smallest absolute Gasteiger partial charge is 0.260 e. The third-order valence-corrected chi connectivity index (χ3v) is 6.57. The molecule has 1 aliphatic rings. The molecule has 3 N–H and O–H groups in total. The summed E-state index contributed by atoms with van der Waals surface area (Å²) in [5, 5.41) is 1.85. The Labute approximate surface area is 128 Å². The second-order valence-corrected chi connectivity index (χ2v) is 8.77. The van der Waals surface area contributed by atoms with Crippen LogP contribution in [0.15, 0.2) is 16.6 Å². The van der Waals surface area contributed by atoms with Crippen molar-refractivity contribution in [3.8, 4) is 0 Å². The van der Waals surface area contributed by atoms with Gasteiger partial charge in [0.15, 0.2) is 15.8 Å². The molecular formula is C13H20N4O2S2. The van der Waals surface area contributed by atoms with Crippen molar-refractivity contribution in [2.24, 2.45) is 5.41 Å². The average molecular weight is 328 g/mol. The summed E-state index contributed by atoms with van der Waals surface area (Å²) < 4.78 is 29.9. The van der Waals surface area contributed by atoms with Gasteiger partial charge in [0.1, 0.15) is 0 Å². The molecule has 0 aliphatic heterocycles. The number of rotatable bonds is 3. The first-order valence-corrected chi connectivity index (χ1v) is 9.41. The third kappa shape index (κ3) is 2.56. The lowest BCUT2D eigenvalue weighted by atomic mass is 9.74. The van der Waals surface area contributed by atoms with E-state index >= 15 is 0 Å². The molecule has 0 spiro atoms. The summed E-state index contributed by atoms with van der Waals surface area (Å²) in [5.41, 5.74) is 5.77. The first-order chi connectivity index (χ1) is 9.81. The lowest BCUT2D eigenvalue weighted by Gasteiger charge is -2.38. The Hall–Kier alpha value is -1.12. The highest BCUT2D eigenvalue weighted by molar-refractivity contribution is 7.89. The zero-order chi connectivity index (χ0) is 15.3. The van der Waals surface area contributed by atoms with E-state index in [1.165, 1.54) is 15.7 Å². The van der Waals surface area contributed by atoms with Gasteiger partial charge in [-0.3, -0.25) is 4.40 Å². The third-order valence-electron chi connectivity index (χ3n) is 4.30. The molecule has 6 nitrogen and oxygen atoms in total. The van der Waals surface area contributed by atoms with Crippen LogP contribution in [0.1, 0.15) is 39.5 Å². The van der Waals surface area contributed by atoms with Crippen LogP contribution in [-0.2, 0) is 10.0 Å². The van der Waals surface area contributed by atoms with Crippen molar-refractivity contribution in [2.45, 2.75) is 50.6 Å². The number of nitrogens with zero attached hydrogens (tertiary/aromatic N) is 2. The standard InChI is InChI=1S/C13H20N4O2S2/c1-13(2)6-4-3-5-9(13)16-21(18,19)11-10(14)15-12-17(11)7-8-20-12/h7-9,16H,3-6,14H2,1-2H3. The van der Waals surface area contributed by atoms with Gasteiger partial charge in [-0.15, -0.1) is 11.3 Å². The first kappa shape index (κ1) is 14.8. The summed E-state index contributed by atoms with van der Waals surface area (Å²) in [7, 11) is -3.68. The van der Waals surface area contributed by atoms with E-state index in [4.69, 9.17) is 5.73 Å². The maximum absolute atomic E-state index is 12.7. The quantitative estimate of drug-likeness (QED) is 0.904. The Morgan fingerprint density at radius 1 is 1.48 bits per heavy atom. The van der Waals surface area contributed by atoms with Crippen molar-refractivity contribution >= 4 is 32.1 Å². The van der Waals surface area contributed by atoms with Crippen LogP contribution >= 0.6 is 11.3 Å². The average Bonchev–Trinajstić information content (AvgIpc) is 2.90. The summed E-state index contributed by atoms with van der Waals surface area (Å²) in [4.78, 5) is 4.70. The summed E-state index contributed by atoms with van der Waals surface area (Å²) in [5.74, 6) is 0.0583. The SMILES string of the molecule is CC1(C)CCCCC1NS(=O)(=O)c1c(N)nc2sccn12. The molecule has 2 aromatic rings. The molecular weight excluding hydrogens is 308 g/mol. The fourth-order valence-corrected chi connectivity index (χ4v) is 5.43. The Morgan fingerprint density at radius 3 is 2.95 bits per heavy atom. The maximum atomic E-state index is 12.7. The summed E-state index contributed by atoms with van der Waals surface area (Å²) >= 11 is 1.36. The number of nitrogens with two attached hydrogens (primary N) is 1. The molecule has 2 aromatic heterocycles. The lowest BCUT2D eigenvalue weighted by molar-refractivity contribution is 0.188. The highest BCUT2D eigenvalue weighted by Gasteiger charge is 2.36. The molecule has 1 atom stereocenters. The van der Waals surface area contributed by atoms with Gasteiger partial charge < -0.3 is 5.73 Å². The van der Waals surface area contributed by atoms with E-state index in [1.54, 1.807) is 11.6 Å². The largest absolute Gasteiger partial charge is 0.381 e. The second kappa shape index (κ2) is 4.96.